The molecule has 2 aromatic rings. The molecule has 1 aliphatic heterocycles. The highest BCUT2D eigenvalue weighted by Crippen LogP contribution is 2.16. The maximum Gasteiger partial charge on any atom is 0.272 e. The number of alkyl halides is 1. The van der Waals surface area contributed by atoms with Crippen LogP contribution in [-0.4, -0.2) is 59.4 Å². The molecule has 1 unspecified atom stereocenters. The van der Waals surface area contributed by atoms with Crippen molar-refractivity contribution in [1.29, 1.82) is 0 Å². The third-order valence-electron chi connectivity index (χ3n) is 5.33. The van der Waals surface area contributed by atoms with Crippen LogP contribution in [0.5, 0.6) is 0 Å². The normalized spacial score (nSPS) is 16.6. The van der Waals surface area contributed by atoms with Crippen molar-refractivity contribution in [2.75, 3.05) is 19.8 Å². The van der Waals surface area contributed by atoms with E-state index in [1.165, 1.54) is 0 Å². The second kappa shape index (κ2) is 10.3. The average Bonchev–Trinajstić information content (AvgIpc) is 3.37. The molecule has 4 N–H and O–H groups in total. The van der Waals surface area contributed by atoms with E-state index in [1.54, 1.807) is 6.07 Å². The quantitative estimate of drug-likeness (QED) is 0.457. The van der Waals surface area contributed by atoms with Crippen LogP contribution in [-0.2, 0) is 14.4 Å². The van der Waals surface area contributed by atoms with Crippen LogP contribution in [0.25, 0.3) is 10.9 Å². The molecule has 3 rings (SSSR count). The highest BCUT2D eigenvalue weighted by molar-refractivity contribution is 6.00. The smallest absolute Gasteiger partial charge is 0.272 e. The van der Waals surface area contributed by atoms with Gasteiger partial charge in [0.2, 0.25) is 5.91 Å². The second-order valence-corrected chi connectivity index (χ2v) is 8.32. The van der Waals surface area contributed by atoms with Gasteiger partial charge < -0.3 is 15.6 Å². The largest absolute Gasteiger partial charge is 0.356 e. The Kier molecular flexibility index (Phi) is 7.45. The topological polar surface area (TPSA) is 123 Å². The SMILES string of the molecule is CC(C)CC(NC(=O)c1cc2ccccc2[nH]1)C(=O)NN(C[C@@H]1CCNC1=O)C(=O)CF. The van der Waals surface area contributed by atoms with Crippen molar-refractivity contribution in [3.8, 4) is 0 Å². The number of aromatic nitrogens is 1. The van der Waals surface area contributed by atoms with Gasteiger partial charge in [-0.15, -0.1) is 0 Å². The third-order valence-corrected chi connectivity index (χ3v) is 5.33. The second-order valence-electron chi connectivity index (χ2n) is 8.32. The number of halogens is 1. The summed E-state index contributed by atoms with van der Waals surface area (Å²) in [5.41, 5.74) is 3.49. The van der Waals surface area contributed by atoms with Gasteiger partial charge in [0.1, 0.15) is 11.7 Å². The number of carbonyl (C=O) groups is 4. The lowest BCUT2D eigenvalue weighted by Gasteiger charge is -2.27. The lowest BCUT2D eigenvalue weighted by atomic mass is 10.0. The van der Waals surface area contributed by atoms with Crippen LogP contribution < -0.4 is 16.1 Å². The number of aromatic amines is 1. The van der Waals surface area contributed by atoms with Crippen molar-refractivity contribution in [2.24, 2.45) is 11.8 Å². The Labute approximate surface area is 185 Å². The predicted octanol–water partition coefficient (Wildman–Crippen LogP) is 1.28. The van der Waals surface area contributed by atoms with Gasteiger partial charge in [-0.25, -0.2) is 4.39 Å². The number of H-pyrrole nitrogens is 1. The Hall–Kier alpha value is -3.43. The van der Waals surface area contributed by atoms with Gasteiger partial charge in [-0.2, -0.15) is 0 Å². The number of nitrogens with zero attached hydrogens (tertiary/aromatic N) is 1. The lowest BCUT2D eigenvalue weighted by molar-refractivity contribution is -0.144. The molecule has 1 fully saturated rings. The molecule has 4 amide bonds. The number of para-hydroxylation sites is 1. The maximum atomic E-state index is 13.1. The molecule has 1 aliphatic rings. The molecule has 2 atom stereocenters. The Balaban J connectivity index is 1.72. The van der Waals surface area contributed by atoms with E-state index in [0.29, 0.717) is 25.1 Å². The number of hydrogen-bond acceptors (Lipinski definition) is 4. The molecule has 2 heterocycles. The summed E-state index contributed by atoms with van der Waals surface area (Å²) < 4.78 is 13.1. The highest BCUT2D eigenvalue weighted by Gasteiger charge is 2.31. The minimum Gasteiger partial charge on any atom is -0.356 e. The zero-order chi connectivity index (χ0) is 23.3. The Morgan fingerprint density at radius 3 is 2.62 bits per heavy atom. The Bertz CT molecular complexity index is 972. The van der Waals surface area contributed by atoms with Crippen molar-refractivity contribution in [3.63, 3.8) is 0 Å². The van der Waals surface area contributed by atoms with Crippen LogP contribution in [0.15, 0.2) is 30.3 Å². The standard InChI is InChI=1S/C22H28FN5O4/c1-13(2)9-17(26-21(31)18-10-14-5-3-4-6-16(14)25-18)22(32)27-28(19(29)11-23)12-15-7-8-24-20(15)30/h3-6,10,13,15,17,25H,7-9,11-12H2,1-2H3,(H,24,30)(H,26,31)(H,27,32)/t15-,17?/m0/s1. The molecule has 1 saturated heterocycles. The fraction of sp³-hybridized carbons (Fsp3) is 0.455. The number of amides is 4. The van der Waals surface area contributed by atoms with E-state index in [-0.39, 0.29) is 18.4 Å². The summed E-state index contributed by atoms with van der Waals surface area (Å²) in [5.74, 6) is -2.80. The number of benzene rings is 1. The number of nitrogens with one attached hydrogen (secondary N) is 4. The number of rotatable bonds is 8. The third kappa shape index (κ3) is 5.63. The summed E-state index contributed by atoms with van der Waals surface area (Å²) >= 11 is 0. The Morgan fingerprint density at radius 2 is 2.00 bits per heavy atom. The van der Waals surface area contributed by atoms with Crippen LogP contribution >= 0.6 is 0 Å². The summed E-state index contributed by atoms with van der Waals surface area (Å²) in [6.45, 7) is 2.80. The first-order valence-electron chi connectivity index (χ1n) is 10.6. The van der Waals surface area contributed by atoms with E-state index in [4.69, 9.17) is 0 Å². The summed E-state index contributed by atoms with van der Waals surface area (Å²) in [4.78, 5) is 52.6. The number of hydrazine groups is 1. The van der Waals surface area contributed by atoms with E-state index in [1.807, 2.05) is 38.1 Å². The highest BCUT2D eigenvalue weighted by atomic mass is 19.1. The Morgan fingerprint density at radius 1 is 1.25 bits per heavy atom. The van der Waals surface area contributed by atoms with Crippen molar-refractivity contribution in [2.45, 2.75) is 32.7 Å². The van der Waals surface area contributed by atoms with Crippen molar-refractivity contribution < 1.29 is 23.6 Å². The molecule has 0 spiro atoms. The number of carbonyl (C=O) groups excluding carboxylic acids is 4. The molecule has 1 aromatic heterocycles. The molecular formula is C22H28FN5O4. The monoisotopic (exact) mass is 445 g/mol. The van der Waals surface area contributed by atoms with Crippen LogP contribution in [0.2, 0.25) is 0 Å². The first kappa shape index (κ1) is 23.2. The van der Waals surface area contributed by atoms with E-state index in [0.717, 1.165) is 15.9 Å². The maximum absolute atomic E-state index is 13.1. The van der Waals surface area contributed by atoms with Gasteiger partial charge >= 0.3 is 0 Å². The van der Waals surface area contributed by atoms with E-state index in [9.17, 15) is 23.6 Å². The van der Waals surface area contributed by atoms with Crippen LogP contribution in [0.1, 0.15) is 37.2 Å². The van der Waals surface area contributed by atoms with Gasteiger partial charge in [-0.3, -0.25) is 29.6 Å². The van der Waals surface area contributed by atoms with Gasteiger partial charge in [0.15, 0.2) is 6.67 Å². The minimum absolute atomic E-state index is 0.0553. The van der Waals surface area contributed by atoms with Crippen molar-refractivity contribution >= 4 is 34.5 Å². The molecule has 0 aliphatic carbocycles. The molecule has 1 aromatic carbocycles. The first-order valence-corrected chi connectivity index (χ1v) is 10.6. The van der Waals surface area contributed by atoms with Crippen LogP contribution in [0, 0.1) is 11.8 Å². The van der Waals surface area contributed by atoms with Gasteiger partial charge in [-0.05, 0) is 30.9 Å². The summed E-state index contributed by atoms with van der Waals surface area (Å²) in [6.07, 6.45) is 0.788. The molecule has 0 radical (unpaired) electrons. The fourth-order valence-corrected chi connectivity index (χ4v) is 3.67. The lowest BCUT2D eigenvalue weighted by Crippen LogP contribution is -2.56. The van der Waals surface area contributed by atoms with Gasteiger partial charge in [0.05, 0.1) is 12.5 Å². The van der Waals surface area contributed by atoms with Crippen molar-refractivity contribution in [1.82, 2.24) is 26.1 Å². The summed E-state index contributed by atoms with van der Waals surface area (Å²) in [6, 6.07) is 8.13. The molecular weight excluding hydrogens is 417 g/mol. The molecule has 9 nitrogen and oxygen atoms in total. The zero-order valence-electron chi connectivity index (χ0n) is 18.1. The summed E-state index contributed by atoms with van der Waals surface area (Å²) in [7, 11) is 0. The average molecular weight is 445 g/mol. The van der Waals surface area contributed by atoms with E-state index >= 15 is 0 Å². The van der Waals surface area contributed by atoms with Crippen LogP contribution in [0.3, 0.4) is 0 Å². The molecule has 10 heteroatoms. The summed E-state index contributed by atoms with van der Waals surface area (Å²) in [5, 5.41) is 7.03. The zero-order valence-corrected chi connectivity index (χ0v) is 18.1. The van der Waals surface area contributed by atoms with Crippen LogP contribution in [0.4, 0.5) is 4.39 Å². The minimum atomic E-state index is -1.31. The molecule has 32 heavy (non-hydrogen) atoms. The molecule has 0 bridgehead atoms. The van der Waals surface area contributed by atoms with E-state index < -0.39 is 36.4 Å². The van der Waals surface area contributed by atoms with Crippen molar-refractivity contribution in [3.05, 3.63) is 36.0 Å². The first-order chi connectivity index (χ1) is 15.3. The van der Waals surface area contributed by atoms with Gasteiger partial charge in [0, 0.05) is 17.4 Å². The number of fused-ring (bicyclic) bond motifs is 1. The van der Waals surface area contributed by atoms with Gasteiger partial charge in [-0.1, -0.05) is 32.0 Å². The fourth-order valence-electron chi connectivity index (χ4n) is 3.67. The number of hydrogen-bond donors (Lipinski definition) is 4. The molecule has 0 saturated carbocycles. The van der Waals surface area contributed by atoms with E-state index in [2.05, 4.69) is 21.0 Å². The predicted molar refractivity (Wildman–Crippen MR) is 116 cm³/mol. The molecule has 172 valence electrons. The van der Waals surface area contributed by atoms with Gasteiger partial charge in [0.25, 0.3) is 17.7 Å².